The van der Waals surface area contributed by atoms with Gasteiger partial charge in [-0.15, -0.1) is 0 Å². The van der Waals surface area contributed by atoms with Crippen LogP contribution in [0, 0.1) is 0 Å². The minimum Gasteiger partial charge on any atom is -0.369 e. The van der Waals surface area contributed by atoms with Crippen LogP contribution in [-0.4, -0.2) is 35.6 Å². The Morgan fingerprint density at radius 1 is 1.31 bits per heavy atom. The lowest BCUT2D eigenvalue weighted by atomic mass is 10.1. The van der Waals surface area contributed by atoms with E-state index in [0.29, 0.717) is 25.9 Å². The van der Waals surface area contributed by atoms with Gasteiger partial charge in [0.25, 0.3) is 0 Å². The largest absolute Gasteiger partial charge is 0.369 e. The summed E-state index contributed by atoms with van der Waals surface area (Å²) in [5.41, 5.74) is 4.87. The monoisotopic (exact) mass is 184 g/mol. The number of amides is 2. The first-order valence-corrected chi connectivity index (χ1v) is 4.17. The molecule has 0 bridgehead atoms. The molecule has 1 saturated heterocycles. The first kappa shape index (κ1) is 9.70. The van der Waals surface area contributed by atoms with Gasteiger partial charge in [0.15, 0.2) is 0 Å². The number of ketones is 1. The summed E-state index contributed by atoms with van der Waals surface area (Å²) in [6, 6.07) is 0. The number of piperidine rings is 1. The van der Waals surface area contributed by atoms with Crippen LogP contribution in [0.15, 0.2) is 0 Å². The number of carbonyl (C=O) groups excluding carboxylic acids is 3. The Hall–Kier alpha value is -1.39. The first-order chi connectivity index (χ1) is 6.09. The molecule has 1 fully saturated rings. The SMILES string of the molecule is NC(=O)CC(=O)N1CCC(=O)CC1. The number of hydrogen-bond acceptors (Lipinski definition) is 3. The van der Waals surface area contributed by atoms with E-state index in [-0.39, 0.29) is 18.1 Å². The molecule has 5 heteroatoms. The summed E-state index contributed by atoms with van der Waals surface area (Å²) in [6.45, 7) is 0.843. The van der Waals surface area contributed by atoms with Gasteiger partial charge in [-0.3, -0.25) is 14.4 Å². The van der Waals surface area contributed by atoms with E-state index in [9.17, 15) is 14.4 Å². The molecule has 1 rings (SSSR count). The van der Waals surface area contributed by atoms with Crippen molar-refractivity contribution in [1.29, 1.82) is 0 Å². The van der Waals surface area contributed by atoms with Crippen molar-refractivity contribution in [3.63, 3.8) is 0 Å². The van der Waals surface area contributed by atoms with Gasteiger partial charge < -0.3 is 10.6 Å². The number of rotatable bonds is 2. The highest BCUT2D eigenvalue weighted by Gasteiger charge is 2.21. The van der Waals surface area contributed by atoms with Crippen molar-refractivity contribution in [1.82, 2.24) is 4.90 Å². The molecule has 0 saturated carbocycles. The topological polar surface area (TPSA) is 80.5 Å². The van der Waals surface area contributed by atoms with E-state index in [2.05, 4.69) is 0 Å². The fourth-order valence-corrected chi connectivity index (χ4v) is 1.27. The zero-order valence-electron chi connectivity index (χ0n) is 7.28. The van der Waals surface area contributed by atoms with Gasteiger partial charge in [-0.05, 0) is 0 Å². The molecule has 5 nitrogen and oxygen atoms in total. The van der Waals surface area contributed by atoms with E-state index < -0.39 is 5.91 Å². The smallest absolute Gasteiger partial charge is 0.232 e. The van der Waals surface area contributed by atoms with Gasteiger partial charge in [0.1, 0.15) is 12.2 Å². The molecule has 0 aromatic carbocycles. The van der Waals surface area contributed by atoms with E-state index in [4.69, 9.17) is 5.73 Å². The molecule has 0 aliphatic carbocycles. The van der Waals surface area contributed by atoms with Crippen molar-refractivity contribution in [3.8, 4) is 0 Å². The summed E-state index contributed by atoms with van der Waals surface area (Å²) < 4.78 is 0. The van der Waals surface area contributed by atoms with Crippen molar-refractivity contribution >= 4 is 17.6 Å². The van der Waals surface area contributed by atoms with Gasteiger partial charge in [0.2, 0.25) is 11.8 Å². The second-order valence-electron chi connectivity index (χ2n) is 3.06. The van der Waals surface area contributed by atoms with Crippen molar-refractivity contribution in [2.45, 2.75) is 19.3 Å². The number of carbonyl (C=O) groups is 3. The van der Waals surface area contributed by atoms with Crippen LogP contribution in [0.4, 0.5) is 0 Å². The molecule has 2 amide bonds. The van der Waals surface area contributed by atoms with Crippen LogP contribution in [0.2, 0.25) is 0 Å². The quantitative estimate of drug-likeness (QED) is 0.562. The number of nitrogens with zero attached hydrogens (tertiary/aromatic N) is 1. The summed E-state index contributed by atoms with van der Waals surface area (Å²) in [6.07, 6.45) is 0.531. The summed E-state index contributed by atoms with van der Waals surface area (Å²) in [5.74, 6) is -0.731. The van der Waals surface area contributed by atoms with E-state index in [0.717, 1.165) is 0 Å². The second kappa shape index (κ2) is 4.02. The van der Waals surface area contributed by atoms with Gasteiger partial charge in [-0.1, -0.05) is 0 Å². The minimum absolute atomic E-state index is 0.170. The lowest BCUT2D eigenvalue weighted by Gasteiger charge is -2.25. The average molecular weight is 184 g/mol. The Labute approximate surface area is 75.9 Å². The average Bonchev–Trinajstić information content (AvgIpc) is 2.04. The lowest BCUT2D eigenvalue weighted by molar-refractivity contribution is -0.137. The summed E-state index contributed by atoms with van der Waals surface area (Å²) >= 11 is 0. The van der Waals surface area contributed by atoms with Crippen molar-refractivity contribution < 1.29 is 14.4 Å². The highest BCUT2D eigenvalue weighted by atomic mass is 16.2. The van der Waals surface area contributed by atoms with Gasteiger partial charge in [-0.2, -0.15) is 0 Å². The van der Waals surface area contributed by atoms with Gasteiger partial charge >= 0.3 is 0 Å². The summed E-state index contributed by atoms with van der Waals surface area (Å²) in [5, 5.41) is 0. The van der Waals surface area contributed by atoms with Gasteiger partial charge in [0.05, 0.1) is 0 Å². The number of likely N-dealkylation sites (tertiary alicyclic amines) is 1. The van der Waals surface area contributed by atoms with Crippen LogP contribution < -0.4 is 5.73 Å². The standard InChI is InChI=1S/C8H12N2O3/c9-7(12)5-8(13)10-3-1-6(11)2-4-10/h1-5H2,(H2,9,12). The minimum atomic E-state index is -0.623. The molecule has 0 aromatic heterocycles. The van der Waals surface area contributed by atoms with Crippen molar-refractivity contribution in [2.75, 3.05) is 13.1 Å². The van der Waals surface area contributed by atoms with Crippen LogP contribution in [0.1, 0.15) is 19.3 Å². The molecular formula is C8H12N2O3. The maximum Gasteiger partial charge on any atom is 0.232 e. The van der Waals surface area contributed by atoms with Gasteiger partial charge in [0, 0.05) is 25.9 Å². The number of hydrogen-bond donors (Lipinski definition) is 1. The molecule has 0 spiro atoms. The van der Waals surface area contributed by atoms with E-state index in [1.54, 1.807) is 0 Å². The highest BCUT2D eigenvalue weighted by molar-refractivity contribution is 5.96. The van der Waals surface area contributed by atoms with E-state index in [1.807, 2.05) is 0 Å². The number of Topliss-reactive ketones (excluding diaryl/α,β-unsaturated/α-hetero) is 1. The van der Waals surface area contributed by atoms with Crippen LogP contribution in [0.3, 0.4) is 0 Å². The molecule has 0 atom stereocenters. The molecule has 0 unspecified atom stereocenters. The Balaban J connectivity index is 2.40. The Bertz CT molecular complexity index is 240. The van der Waals surface area contributed by atoms with Crippen LogP contribution in [-0.2, 0) is 14.4 Å². The van der Waals surface area contributed by atoms with E-state index in [1.165, 1.54) is 4.90 Å². The molecular weight excluding hydrogens is 172 g/mol. The Morgan fingerprint density at radius 3 is 2.31 bits per heavy atom. The molecule has 72 valence electrons. The third kappa shape index (κ3) is 2.85. The predicted molar refractivity (Wildman–Crippen MR) is 44.6 cm³/mol. The Morgan fingerprint density at radius 2 is 1.85 bits per heavy atom. The number of nitrogens with two attached hydrogens (primary N) is 1. The van der Waals surface area contributed by atoms with Gasteiger partial charge in [-0.25, -0.2) is 0 Å². The third-order valence-electron chi connectivity index (χ3n) is 2.00. The number of primary amides is 1. The van der Waals surface area contributed by atoms with Crippen LogP contribution in [0.5, 0.6) is 0 Å². The molecule has 0 radical (unpaired) electrons. The third-order valence-corrected chi connectivity index (χ3v) is 2.00. The molecule has 1 aliphatic rings. The fraction of sp³-hybridized carbons (Fsp3) is 0.625. The van der Waals surface area contributed by atoms with Crippen LogP contribution >= 0.6 is 0 Å². The van der Waals surface area contributed by atoms with Crippen molar-refractivity contribution in [3.05, 3.63) is 0 Å². The maximum absolute atomic E-state index is 11.2. The molecule has 13 heavy (non-hydrogen) atoms. The van der Waals surface area contributed by atoms with E-state index >= 15 is 0 Å². The highest BCUT2D eigenvalue weighted by Crippen LogP contribution is 2.06. The fourth-order valence-electron chi connectivity index (χ4n) is 1.27. The normalized spacial score (nSPS) is 17.2. The van der Waals surface area contributed by atoms with Crippen LogP contribution in [0.25, 0.3) is 0 Å². The predicted octanol–water partition coefficient (Wildman–Crippen LogP) is -0.947. The molecule has 2 N–H and O–H groups in total. The maximum atomic E-state index is 11.2. The molecule has 0 aromatic rings. The lowest BCUT2D eigenvalue weighted by Crippen LogP contribution is -2.40. The molecule has 1 aliphatic heterocycles. The summed E-state index contributed by atoms with van der Waals surface area (Å²) in [7, 11) is 0. The zero-order chi connectivity index (χ0) is 9.84. The molecule has 1 heterocycles. The zero-order valence-corrected chi connectivity index (χ0v) is 7.28. The van der Waals surface area contributed by atoms with Crippen molar-refractivity contribution in [2.24, 2.45) is 5.73 Å². The summed E-state index contributed by atoms with van der Waals surface area (Å²) in [4.78, 5) is 34.0. The Kier molecular flexibility index (Phi) is 3.00. The second-order valence-corrected chi connectivity index (χ2v) is 3.06. The first-order valence-electron chi connectivity index (χ1n) is 4.17.